The largest absolute Gasteiger partial charge is 0.397 e. The first-order valence-electron chi connectivity index (χ1n) is 8.53. The standard InChI is InChI=1S/C17H25N5OS/c1-2-5-10-8-12(22-7-4-3-6-11(18)9-22)21-17-13(10)14(19)15(24-17)16(20)23/h8,11H,2-7,9,18-19H2,1H3,(H2,20,23). The number of nitrogens with two attached hydrogens (primary N) is 3. The molecular formula is C17H25N5OS. The molecule has 0 saturated carbocycles. The highest BCUT2D eigenvalue weighted by molar-refractivity contribution is 7.21. The third kappa shape index (κ3) is 3.18. The second-order valence-electron chi connectivity index (χ2n) is 6.48. The zero-order chi connectivity index (χ0) is 17.3. The number of thiophene rings is 1. The molecule has 0 radical (unpaired) electrons. The molecule has 6 nitrogen and oxygen atoms in total. The SMILES string of the molecule is CCCc1cc(N2CCCCC(N)C2)nc2sc(C(N)=O)c(N)c12. The van der Waals surface area contributed by atoms with Crippen molar-refractivity contribution in [2.45, 2.75) is 45.1 Å². The normalized spacial score (nSPS) is 18.8. The molecule has 0 bridgehead atoms. The Morgan fingerprint density at radius 2 is 2.25 bits per heavy atom. The average Bonchev–Trinajstić information content (AvgIpc) is 2.73. The summed E-state index contributed by atoms with van der Waals surface area (Å²) in [4.78, 5) is 19.9. The number of aryl methyl sites for hydroxylation is 1. The third-order valence-corrected chi connectivity index (χ3v) is 5.66. The number of aromatic nitrogens is 1. The third-order valence-electron chi connectivity index (χ3n) is 4.54. The lowest BCUT2D eigenvalue weighted by molar-refractivity contribution is 0.100. The summed E-state index contributed by atoms with van der Waals surface area (Å²) in [7, 11) is 0. The number of anilines is 2. The van der Waals surface area contributed by atoms with E-state index in [-0.39, 0.29) is 6.04 Å². The zero-order valence-corrected chi connectivity index (χ0v) is 14.9. The van der Waals surface area contributed by atoms with Gasteiger partial charge in [0.1, 0.15) is 15.5 Å². The Morgan fingerprint density at radius 1 is 1.46 bits per heavy atom. The molecule has 0 spiro atoms. The topological polar surface area (TPSA) is 111 Å². The molecule has 7 heteroatoms. The molecule has 1 saturated heterocycles. The summed E-state index contributed by atoms with van der Waals surface area (Å²) in [6.07, 6.45) is 5.22. The Labute approximate surface area is 146 Å². The highest BCUT2D eigenvalue weighted by atomic mass is 32.1. The number of primary amides is 1. The number of fused-ring (bicyclic) bond motifs is 1. The van der Waals surface area contributed by atoms with Crippen molar-refractivity contribution in [2.24, 2.45) is 11.5 Å². The molecule has 1 aliphatic rings. The number of amides is 1. The van der Waals surface area contributed by atoms with Gasteiger partial charge in [0.25, 0.3) is 5.91 Å². The van der Waals surface area contributed by atoms with Crippen LogP contribution in [0.2, 0.25) is 0 Å². The lowest BCUT2D eigenvalue weighted by Gasteiger charge is -2.24. The number of nitrogen functional groups attached to an aromatic ring is 1. The van der Waals surface area contributed by atoms with Gasteiger partial charge >= 0.3 is 0 Å². The quantitative estimate of drug-likeness (QED) is 0.785. The van der Waals surface area contributed by atoms with Crippen LogP contribution in [0.4, 0.5) is 11.5 Å². The fourth-order valence-corrected chi connectivity index (χ4v) is 4.37. The second-order valence-corrected chi connectivity index (χ2v) is 7.48. The number of pyridine rings is 1. The molecule has 6 N–H and O–H groups in total. The fourth-order valence-electron chi connectivity index (χ4n) is 3.38. The summed E-state index contributed by atoms with van der Waals surface area (Å²) in [5.41, 5.74) is 19.4. The average molecular weight is 347 g/mol. The van der Waals surface area contributed by atoms with E-state index in [1.54, 1.807) is 0 Å². The lowest BCUT2D eigenvalue weighted by atomic mass is 10.1. The Balaban J connectivity index is 2.10. The minimum absolute atomic E-state index is 0.175. The summed E-state index contributed by atoms with van der Waals surface area (Å²) < 4.78 is 0. The van der Waals surface area contributed by atoms with Crippen LogP contribution in [0.3, 0.4) is 0 Å². The van der Waals surface area contributed by atoms with E-state index in [9.17, 15) is 4.79 Å². The minimum atomic E-state index is -0.490. The number of carbonyl (C=O) groups is 1. The van der Waals surface area contributed by atoms with Crippen molar-refractivity contribution >= 4 is 39.0 Å². The number of hydrogen-bond acceptors (Lipinski definition) is 6. The van der Waals surface area contributed by atoms with Gasteiger partial charge in [-0.25, -0.2) is 4.98 Å². The smallest absolute Gasteiger partial charge is 0.260 e. The molecule has 24 heavy (non-hydrogen) atoms. The highest BCUT2D eigenvalue weighted by Gasteiger charge is 2.22. The van der Waals surface area contributed by atoms with Crippen LogP contribution < -0.4 is 22.1 Å². The molecule has 1 atom stereocenters. The Kier molecular flexibility index (Phi) is 4.91. The zero-order valence-electron chi connectivity index (χ0n) is 14.0. The molecule has 2 aromatic heterocycles. The van der Waals surface area contributed by atoms with Crippen molar-refractivity contribution in [1.82, 2.24) is 4.98 Å². The predicted octanol–water partition coefficient (Wildman–Crippen LogP) is 2.25. The lowest BCUT2D eigenvalue weighted by Crippen LogP contribution is -2.36. The molecular weight excluding hydrogens is 322 g/mol. The maximum Gasteiger partial charge on any atom is 0.260 e. The van der Waals surface area contributed by atoms with E-state index in [1.807, 2.05) is 0 Å². The van der Waals surface area contributed by atoms with E-state index in [0.29, 0.717) is 10.6 Å². The van der Waals surface area contributed by atoms with Gasteiger partial charge in [-0.2, -0.15) is 0 Å². The minimum Gasteiger partial charge on any atom is -0.397 e. The van der Waals surface area contributed by atoms with Crippen LogP contribution >= 0.6 is 11.3 Å². The van der Waals surface area contributed by atoms with E-state index in [4.69, 9.17) is 22.2 Å². The number of hydrogen-bond donors (Lipinski definition) is 3. The maximum atomic E-state index is 11.6. The summed E-state index contributed by atoms with van der Waals surface area (Å²) in [6, 6.07) is 2.28. The van der Waals surface area contributed by atoms with E-state index in [1.165, 1.54) is 11.3 Å². The van der Waals surface area contributed by atoms with Gasteiger partial charge in [0.2, 0.25) is 0 Å². The van der Waals surface area contributed by atoms with Gasteiger partial charge in [-0.05, 0) is 30.9 Å². The monoisotopic (exact) mass is 347 g/mol. The van der Waals surface area contributed by atoms with Crippen molar-refractivity contribution in [2.75, 3.05) is 23.7 Å². The first kappa shape index (κ1) is 17.0. The van der Waals surface area contributed by atoms with Crippen LogP contribution in [-0.2, 0) is 6.42 Å². The van der Waals surface area contributed by atoms with Gasteiger partial charge in [-0.3, -0.25) is 4.79 Å². The molecule has 1 unspecified atom stereocenters. The first-order chi connectivity index (χ1) is 11.5. The van der Waals surface area contributed by atoms with Crippen molar-refractivity contribution < 1.29 is 4.79 Å². The van der Waals surface area contributed by atoms with E-state index >= 15 is 0 Å². The van der Waals surface area contributed by atoms with E-state index < -0.39 is 5.91 Å². The molecule has 130 valence electrons. The summed E-state index contributed by atoms with van der Waals surface area (Å²) in [5, 5.41) is 0.888. The van der Waals surface area contributed by atoms with Crippen molar-refractivity contribution in [3.05, 3.63) is 16.5 Å². The van der Waals surface area contributed by atoms with Gasteiger partial charge < -0.3 is 22.1 Å². The van der Waals surface area contributed by atoms with Crippen LogP contribution in [0.5, 0.6) is 0 Å². The van der Waals surface area contributed by atoms with Gasteiger partial charge in [-0.15, -0.1) is 11.3 Å². The molecule has 2 aromatic rings. The van der Waals surface area contributed by atoms with Gasteiger partial charge in [0, 0.05) is 24.5 Å². The molecule has 0 aliphatic carbocycles. The summed E-state index contributed by atoms with van der Waals surface area (Å²) in [5.74, 6) is 0.442. The van der Waals surface area contributed by atoms with Crippen molar-refractivity contribution in [3.63, 3.8) is 0 Å². The highest BCUT2D eigenvalue weighted by Crippen LogP contribution is 2.37. The molecule has 0 aromatic carbocycles. The maximum absolute atomic E-state index is 11.6. The molecule has 3 rings (SSSR count). The van der Waals surface area contributed by atoms with Gasteiger partial charge in [-0.1, -0.05) is 19.8 Å². The predicted molar refractivity (Wildman–Crippen MR) is 101 cm³/mol. The van der Waals surface area contributed by atoms with Crippen molar-refractivity contribution in [3.8, 4) is 0 Å². The Bertz CT molecular complexity index is 757. The Morgan fingerprint density at radius 3 is 2.96 bits per heavy atom. The number of carbonyl (C=O) groups excluding carboxylic acids is 1. The molecule has 1 fully saturated rings. The van der Waals surface area contributed by atoms with Crippen LogP contribution in [0, 0.1) is 0 Å². The van der Waals surface area contributed by atoms with E-state index in [0.717, 1.165) is 66.8 Å². The number of rotatable bonds is 4. The van der Waals surface area contributed by atoms with Gasteiger partial charge in [0.15, 0.2) is 0 Å². The second kappa shape index (κ2) is 6.94. The van der Waals surface area contributed by atoms with E-state index in [2.05, 4.69) is 17.9 Å². The molecule has 3 heterocycles. The molecule has 1 amide bonds. The van der Waals surface area contributed by atoms with Crippen molar-refractivity contribution in [1.29, 1.82) is 0 Å². The fraction of sp³-hybridized carbons (Fsp3) is 0.529. The first-order valence-corrected chi connectivity index (χ1v) is 9.35. The Hall–Kier alpha value is -1.86. The van der Waals surface area contributed by atoms with Crippen LogP contribution in [0.1, 0.15) is 47.8 Å². The van der Waals surface area contributed by atoms with Crippen LogP contribution in [0.25, 0.3) is 10.2 Å². The number of nitrogens with zero attached hydrogens (tertiary/aromatic N) is 2. The van der Waals surface area contributed by atoms with Gasteiger partial charge in [0.05, 0.1) is 5.69 Å². The van der Waals surface area contributed by atoms with Crippen LogP contribution in [0.15, 0.2) is 6.07 Å². The molecule has 1 aliphatic heterocycles. The summed E-state index contributed by atoms with van der Waals surface area (Å²) >= 11 is 1.29. The van der Waals surface area contributed by atoms with Crippen LogP contribution in [-0.4, -0.2) is 30.0 Å². The summed E-state index contributed by atoms with van der Waals surface area (Å²) in [6.45, 7) is 3.90.